The predicted molar refractivity (Wildman–Crippen MR) is 252 cm³/mol. The number of carbonyl (C=O) groups is 3. The summed E-state index contributed by atoms with van der Waals surface area (Å²) in [5.74, 6) is -0.949. The highest BCUT2D eigenvalue weighted by Gasteiger charge is 2.19. The van der Waals surface area contributed by atoms with Gasteiger partial charge >= 0.3 is 17.9 Å². The van der Waals surface area contributed by atoms with Gasteiger partial charge in [0.1, 0.15) is 13.2 Å². The second-order valence-corrected chi connectivity index (χ2v) is 16.7. The molecule has 0 saturated carbocycles. The van der Waals surface area contributed by atoms with Gasteiger partial charge in [-0.25, -0.2) is 0 Å². The van der Waals surface area contributed by atoms with Crippen LogP contribution < -0.4 is 0 Å². The first-order valence-electron chi connectivity index (χ1n) is 25.1. The minimum Gasteiger partial charge on any atom is -0.462 e. The summed E-state index contributed by atoms with van der Waals surface area (Å²) in [4.78, 5) is 37.8. The zero-order valence-electron chi connectivity index (χ0n) is 39.0. The van der Waals surface area contributed by atoms with Crippen LogP contribution in [0.3, 0.4) is 0 Å². The van der Waals surface area contributed by atoms with Crippen molar-refractivity contribution in [3.05, 3.63) is 48.6 Å². The van der Waals surface area contributed by atoms with Crippen LogP contribution in [0.25, 0.3) is 0 Å². The Kier molecular flexibility index (Phi) is 45.9. The van der Waals surface area contributed by atoms with E-state index < -0.39 is 6.10 Å². The fraction of sp³-hybridized carbons (Fsp3) is 0.792. The normalized spacial score (nSPS) is 12.4. The lowest BCUT2D eigenvalue weighted by Crippen LogP contribution is -2.30. The van der Waals surface area contributed by atoms with Crippen LogP contribution in [0.1, 0.15) is 252 Å². The maximum atomic E-state index is 12.7. The molecule has 0 N–H and O–H groups in total. The average Bonchev–Trinajstić information content (AvgIpc) is 3.23. The van der Waals surface area contributed by atoms with Crippen molar-refractivity contribution in [1.29, 1.82) is 0 Å². The number of hydrogen-bond donors (Lipinski definition) is 0. The molecule has 0 fully saturated rings. The first kappa shape index (κ1) is 56.4. The van der Waals surface area contributed by atoms with Crippen molar-refractivity contribution >= 4 is 17.9 Å². The van der Waals surface area contributed by atoms with E-state index in [9.17, 15) is 14.4 Å². The third-order valence-electron chi connectivity index (χ3n) is 10.8. The number of esters is 3. The first-order valence-corrected chi connectivity index (χ1v) is 25.1. The standard InChI is InChI=1S/C53H94O6/c1-4-7-10-13-16-19-22-23-24-25-26-27-28-29-32-34-37-40-43-46-52(55)58-49-50(59-53(56)47-44-41-38-35-31-21-18-15-12-9-6-3)48-57-51(54)45-42-39-36-33-30-20-17-14-11-8-5-2/h9,12,18,21,25-26,35,38,50H,4-8,10-11,13-17,19-20,22-24,27-34,36-37,39-49H2,1-3H3/b12-9-,21-18-,26-25-,38-35-. The molecule has 0 aromatic rings. The summed E-state index contributed by atoms with van der Waals surface area (Å²) in [6.07, 6.45) is 56.8. The van der Waals surface area contributed by atoms with Gasteiger partial charge in [0.25, 0.3) is 0 Å². The van der Waals surface area contributed by atoms with Crippen molar-refractivity contribution in [3.8, 4) is 0 Å². The highest BCUT2D eigenvalue weighted by atomic mass is 16.6. The average molecular weight is 827 g/mol. The van der Waals surface area contributed by atoms with Crippen LogP contribution in [0.15, 0.2) is 48.6 Å². The molecule has 1 unspecified atom stereocenters. The molecule has 342 valence electrons. The smallest absolute Gasteiger partial charge is 0.306 e. The minimum atomic E-state index is -0.796. The van der Waals surface area contributed by atoms with Crippen molar-refractivity contribution < 1.29 is 28.6 Å². The van der Waals surface area contributed by atoms with E-state index in [1.165, 1.54) is 141 Å². The van der Waals surface area contributed by atoms with Crippen LogP contribution in [-0.2, 0) is 28.6 Å². The number of carbonyl (C=O) groups excluding carboxylic acids is 3. The Bertz CT molecular complexity index is 1040. The molecule has 0 aliphatic carbocycles. The van der Waals surface area contributed by atoms with Gasteiger partial charge in [0.2, 0.25) is 0 Å². The monoisotopic (exact) mass is 827 g/mol. The van der Waals surface area contributed by atoms with Crippen LogP contribution in [0, 0.1) is 0 Å². The molecule has 0 aromatic carbocycles. The molecule has 0 aliphatic rings. The molecule has 0 radical (unpaired) electrons. The molecule has 0 aliphatic heterocycles. The molecule has 6 heteroatoms. The number of rotatable bonds is 45. The Morgan fingerprint density at radius 3 is 1.10 bits per heavy atom. The zero-order chi connectivity index (χ0) is 43.0. The van der Waals surface area contributed by atoms with Crippen LogP contribution in [0.4, 0.5) is 0 Å². The first-order chi connectivity index (χ1) is 29.0. The molecule has 0 heterocycles. The Morgan fingerprint density at radius 2 is 0.678 bits per heavy atom. The van der Waals surface area contributed by atoms with Crippen molar-refractivity contribution in [2.45, 2.75) is 258 Å². The van der Waals surface area contributed by atoms with Crippen LogP contribution in [0.5, 0.6) is 0 Å². The summed E-state index contributed by atoms with van der Waals surface area (Å²) >= 11 is 0. The second kappa shape index (κ2) is 48.0. The molecule has 6 nitrogen and oxygen atoms in total. The Hall–Kier alpha value is -2.63. The molecule has 0 bridgehead atoms. The summed E-state index contributed by atoms with van der Waals surface area (Å²) in [5, 5.41) is 0. The lowest BCUT2D eigenvalue weighted by atomic mass is 10.1. The van der Waals surface area contributed by atoms with Gasteiger partial charge in [0, 0.05) is 19.3 Å². The summed E-state index contributed by atoms with van der Waals surface area (Å²) < 4.78 is 16.7. The van der Waals surface area contributed by atoms with E-state index in [1.54, 1.807) is 0 Å². The highest BCUT2D eigenvalue weighted by molar-refractivity contribution is 5.71. The van der Waals surface area contributed by atoms with Crippen molar-refractivity contribution in [2.24, 2.45) is 0 Å². The topological polar surface area (TPSA) is 78.9 Å². The SMILES string of the molecule is CC/C=C\C/C=C\C/C=C\CCCC(=O)OC(COC(=O)CCCCCCCCC/C=C\CCCCCCCCCC)COC(=O)CCCCCCCCCCCCC. The largest absolute Gasteiger partial charge is 0.462 e. The summed E-state index contributed by atoms with van der Waals surface area (Å²) in [6.45, 7) is 6.47. The van der Waals surface area contributed by atoms with Crippen molar-refractivity contribution in [2.75, 3.05) is 13.2 Å². The van der Waals surface area contributed by atoms with E-state index >= 15 is 0 Å². The minimum absolute atomic E-state index is 0.0926. The van der Waals surface area contributed by atoms with E-state index in [1.807, 2.05) is 0 Å². The number of ether oxygens (including phenoxy) is 3. The lowest BCUT2D eigenvalue weighted by molar-refractivity contribution is -0.167. The summed E-state index contributed by atoms with van der Waals surface area (Å²) in [7, 11) is 0. The third-order valence-corrected chi connectivity index (χ3v) is 10.8. The van der Waals surface area contributed by atoms with Gasteiger partial charge in [-0.15, -0.1) is 0 Å². The van der Waals surface area contributed by atoms with Gasteiger partial charge in [-0.05, 0) is 70.6 Å². The fourth-order valence-corrected chi connectivity index (χ4v) is 7.05. The van der Waals surface area contributed by atoms with Crippen LogP contribution in [-0.4, -0.2) is 37.2 Å². The lowest BCUT2D eigenvalue weighted by Gasteiger charge is -2.18. The number of hydrogen-bond acceptors (Lipinski definition) is 6. The van der Waals surface area contributed by atoms with Crippen LogP contribution >= 0.6 is 0 Å². The van der Waals surface area contributed by atoms with Gasteiger partial charge in [0.05, 0.1) is 0 Å². The number of allylic oxidation sites excluding steroid dienone is 8. The van der Waals surface area contributed by atoms with Gasteiger partial charge in [-0.2, -0.15) is 0 Å². The van der Waals surface area contributed by atoms with Gasteiger partial charge in [-0.1, -0.05) is 211 Å². The molecular weight excluding hydrogens is 733 g/mol. The van der Waals surface area contributed by atoms with Gasteiger partial charge in [0.15, 0.2) is 6.10 Å². The molecule has 0 spiro atoms. The van der Waals surface area contributed by atoms with E-state index in [0.717, 1.165) is 64.2 Å². The summed E-state index contributed by atoms with van der Waals surface area (Å²) in [5.41, 5.74) is 0. The zero-order valence-corrected chi connectivity index (χ0v) is 39.0. The molecule has 0 aromatic heterocycles. The maximum Gasteiger partial charge on any atom is 0.306 e. The molecule has 0 saturated heterocycles. The van der Waals surface area contributed by atoms with E-state index in [-0.39, 0.29) is 37.5 Å². The van der Waals surface area contributed by atoms with Crippen molar-refractivity contribution in [3.63, 3.8) is 0 Å². The van der Waals surface area contributed by atoms with Gasteiger partial charge in [-0.3, -0.25) is 14.4 Å². The Labute approximate surface area is 365 Å². The Morgan fingerprint density at radius 1 is 0.356 bits per heavy atom. The quantitative estimate of drug-likeness (QED) is 0.0263. The second-order valence-electron chi connectivity index (χ2n) is 16.7. The number of unbranched alkanes of at least 4 members (excludes halogenated alkanes) is 26. The molecule has 0 rings (SSSR count). The molecule has 0 amide bonds. The van der Waals surface area contributed by atoms with Gasteiger partial charge < -0.3 is 14.2 Å². The van der Waals surface area contributed by atoms with Crippen molar-refractivity contribution in [1.82, 2.24) is 0 Å². The Balaban J connectivity index is 4.33. The van der Waals surface area contributed by atoms with E-state index in [2.05, 4.69) is 69.4 Å². The molecule has 59 heavy (non-hydrogen) atoms. The fourth-order valence-electron chi connectivity index (χ4n) is 7.05. The maximum absolute atomic E-state index is 12.7. The van der Waals surface area contributed by atoms with E-state index in [4.69, 9.17) is 14.2 Å². The summed E-state index contributed by atoms with van der Waals surface area (Å²) in [6, 6.07) is 0. The third kappa shape index (κ3) is 46.3. The molecule has 1 atom stereocenters. The highest BCUT2D eigenvalue weighted by Crippen LogP contribution is 2.15. The van der Waals surface area contributed by atoms with Crippen LogP contribution in [0.2, 0.25) is 0 Å². The van der Waals surface area contributed by atoms with E-state index in [0.29, 0.717) is 19.3 Å². The predicted octanol–water partition coefficient (Wildman–Crippen LogP) is 16.3. The molecular formula is C53H94O6.